The number of nitrogens with one attached hydrogen (secondary N) is 1. The molecule has 9 heteroatoms. The molecule has 0 bridgehead atoms. The Kier molecular flexibility index (Phi) is 4.09. The van der Waals surface area contributed by atoms with E-state index in [2.05, 4.69) is 15.4 Å². The molecule has 0 spiro atoms. The molecule has 0 unspecified atom stereocenters. The number of nitrogens with zero attached hydrogens (tertiary/aromatic N) is 3. The van der Waals surface area contributed by atoms with Gasteiger partial charge in [0.15, 0.2) is 10.8 Å². The van der Waals surface area contributed by atoms with Crippen LogP contribution in [0.4, 0.5) is 9.52 Å². The highest BCUT2D eigenvalue weighted by Gasteiger charge is 2.22. The van der Waals surface area contributed by atoms with Gasteiger partial charge >= 0.3 is 5.97 Å². The van der Waals surface area contributed by atoms with Crippen molar-refractivity contribution in [1.29, 1.82) is 0 Å². The van der Waals surface area contributed by atoms with E-state index in [1.165, 1.54) is 41.4 Å². The van der Waals surface area contributed by atoms with Crippen LogP contribution in [0, 0.1) is 5.82 Å². The fourth-order valence-electron chi connectivity index (χ4n) is 2.05. The molecule has 0 radical (unpaired) electrons. The summed E-state index contributed by atoms with van der Waals surface area (Å²) in [5.74, 6) is -2.24. The van der Waals surface area contributed by atoms with Gasteiger partial charge in [-0.2, -0.15) is 5.10 Å². The Labute approximate surface area is 139 Å². The normalized spacial score (nSPS) is 10.6. The van der Waals surface area contributed by atoms with Crippen molar-refractivity contribution >= 4 is 28.3 Å². The van der Waals surface area contributed by atoms with Gasteiger partial charge in [-0.25, -0.2) is 14.2 Å². The lowest BCUT2D eigenvalue weighted by atomic mass is 10.2. The van der Waals surface area contributed by atoms with Crippen LogP contribution in [-0.4, -0.2) is 31.7 Å². The third-order valence-corrected chi connectivity index (χ3v) is 3.90. The topological polar surface area (TPSA) is 97.1 Å². The Balaban J connectivity index is 1.81. The van der Waals surface area contributed by atoms with Crippen LogP contribution in [0.5, 0.6) is 0 Å². The van der Waals surface area contributed by atoms with E-state index in [9.17, 15) is 14.0 Å². The smallest absolute Gasteiger partial charge is 0.339 e. The minimum Gasteiger partial charge on any atom is -0.478 e. The average molecular weight is 346 g/mol. The van der Waals surface area contributed by atoms with E-state index in [0.29, 0.717) is 16.4 Å². The van der Waals surface area contributed by atoms with E-state index in [1.807, 2.05) is 0 Å². The van der Waals surface area contributed by atoms with Crippen LogP contribution in [0.25, 0.3) is 11.3 Å². The molecule has 1 aromatic carbocycles. The van der Waals surface area contributed by atoms with Crippen molar-refractivity contribution in [3.05, 3.63) is 52.9 Å². The molecule has 1 amide bonds. The van der Waals surface area contributed by atoms with Crippen LogP contribution in [0.15, 0.2) is 35.8 Å². The first-order valence-corrected chi connectivity index (χ1v) is 7.62. The van der Waals surface area contributed by atoms with Crippen molar-refractivity contribution in [1.82, 2.24) is 14.8 Å². The van der Waals surface area contributed by atoms with Crippen LogP contribution in [0.3, 0.4) is 0 Å². The highest BCUT2D eigenvalue weighted by molar-refractivity contribution is 7.14. The van der Waals surface area contributed by atoms with Gasteiger partial charge in [0.25, 0.3) is 5.91 Å². The van der Waals surface area contributed by atoms with Gasteiger partial charge in [0.1, 0.15) is 11.4 Å². The van der Waals surface area contributed by atoms with Crippen molar-refractivity contribution in [2.24, 2.45) is 7.05 Å². The minimum atomic E-state index is -1.24. The lowest BCUT2D eigenvalue weighted by Crippen LogP contribution is -2.16. The molecule has 122 valence electrons. The first-order chi connectivity index (χ1) is 11.4. The zero-order valence-corrected chi connectivity index (χ0v) is 13.2. The summed E-state index contributed by atoms with van der Waals surface area (Å²) in [6.45, 7) is 0. The van der Waals surface area contributed by atoms with Gasteiger partial charge in [-0.05, 0) is 24.3 Å². The number of aromatic nitrogens is 3. The molecular weight excluding hydrogens is 335 g/mol. The molecule has 0 saturated carbocycles. The number of carboxylic acid groups (broad SMARTS) is 1. The quantitative estimate of drug-likeness (QED) is 0.757. The largest absolute Gasteiger partial charge is 0.478 e. The number of thiazole rings is 1. The molecule has 0 saturated heterocycles. The van der Waals surface area contributed by atoms with Gasteiger partial charge in [0, 0.05) is 24.2 Å². The van der Waals surface area contributed by atoms with Crippen LogP contribution in [0.1, 0.15) is 20.8 Å². The zero-order chi connectivity index (χ0) is 17.3. The van der Waals surface area contributed by atoms with E-state index in [-0.39, 0.29) is 17.1 Å². The number of anilines is 1. The van der Waals surface area contributed by atoms with Gasteiger partial charge in [0.05, 0.1) is 5.69 Å². The van der Waals surface area contributed by atoms with Crippen molar-refractivity contribution in [3.8, 4) is 11.3 Å². The fraction of sp³-hybridized carbons (Fsp3) is 0.0667. The first kappa shape index (κ1) is 15.8. The standard InChI is InChI=1S/C15H11FN4O3S/c1-20-6-10(14(22)23)12(19-20)13(21)18-15-17-11(7-24-15)8-2-4-9(16)5-3-8/h2-7H,1H3,(H,22,23)(H,17,18,21). The molecule has 2 aromatic heterocycles. The molecule has 0 atom stereocenters. The van der Waals surface area contributed by atoms with E-state index in [4.69, 9.17) is 5.11 Å². The number of carbonyl (C=O) groups excluding carboxylic acids is 1. The number of aryl methyl sites for hydroxylation is 1. The van der Waals surface area contributed by atoms with Gasteiger partial charge < -0.3 is 5.11 Å². The highest BCUT2D eigenvalue weighted by Crippen LogP contribution is 2.25. The monoisotopic (exact) mass is 346 g/mol. The summed E-state index contributed by atoms with van der Waals surface area (Å²) in [5.41, 5.74) is 0.904. The second kappa shape index (κ2) is 6.20. The number of aromatic carboxylic acids is 1. The predicted molar refractivity (Wildman–Crippen MR) is 85.6 cm³/mol. The molecule has 0 fully saturated rings. The molecular formula is C15H11FN4O3S. The summed E-state index contributed by atoms with van der Waals surface area (Å²) in [7, 11) is 1.53. The maximum Gasteiger partial charge on any atom is 0.339 e. The Hall–Kier alpha value is -3.07. The Morgan fingerprint density at radius 3 is 2.67 bits per heavy atom. The third-order valence-electron chi connectivity index (χ3n) is 3.14. The van der Waals surface area contributed by atoms with Crippen LogP contribution < -0.4 is 5.32 Å². The van der Waals surface area contributed by atoms with Crippen LogP contribution in [-0.2, 0) is 7.05 Å². The lowest BCUT2D eigenvalue weighted by molar-refractivity contribution is 0.0692. The number of rotatable bonds is 4. The van der Waals surface area contributed by atoms with E-state index in [0.717, 1.165) is 0 Å². The van der Waals surface area contributed by atoms with Crippen molar-refractivity contribution in [2.45, 2.75) is 0 Å². The number of benzene rings is 1. The van der Waals surface area contributed by atoms with Gasteiger partial charge in [-0.1, -0.05) is 0 Å². The van der Waals surface area contributed by atoms with Crippen LogP contribution in [0.2, 0.25) is 0 Å². The lowest BCUT2D eigenvalue weighted by Gasteiger charge is -2.00. The number of hydrogen-bond acceptors (Lipinski definition) is 5. The van der Waals surface area contributed by atoms with E-state index in [1.54, 1.807) is 17.5 Å². The maximum atomic E-state index is 12.9. The fourth-order valence-corrected chi connectivity index (χ4v) is 2.77. The summed E-state index contributed by atoms with van der Waals surface area (Å²) in [6.07, 6.45) is 1.25. The molecule has 0 aliphatic heterocycles. The summed E-state index contributed by atoms with van der Waals surface area (Å²) in [4.78, 5) is 27.6. The van der Waals surface area contributed by atoms with Gasteiger partial charge in [0.2, 0.25) is 0 Å². The minimum absolute atomic E-state index is 0.190. The Bertz CT molecular complexity index is 917. The molecule has 0 aliphatic rings. The van der Waals surface area contributed by atoms with Crippen LogP contribution >= 0.6 is 11.3 Å². The Morgan fingerprint density at radius 2 is 2.00 bits per heavy atom. The summed E-state index contributed by atoms with van der Waals surface area (Å²) in [5, 5.41) is 17.5. The number of hydrogen-bond donors (Lipinski definition) is 2. The molecule has 2 N–H and O–H groups in total. The molecule has 24 heavy (non-hydrogen) atoms. The number of carbonyl (C=O) groups is 2. The zero-order valence-electron chi connectivity index (χ0n) is 12.4. The number of carboxylic acids is 1. The average Bonchev–Trinajstić information content (AvgIpc) is 3.15. The summed E-state index contributed by atoms with van der Waals surface area (Å²) < 4.78 is 14.2. The van der Waals surface area contributed by atoms with Crippen molar-refractivity contribution in [2.75, 3.05) is 5.32 Å². The predicted octanol–water partition coefficient (Wildman–Crippen LogP) is 2.63. The second-order valence-corrected chi connectivity index (χ2v) is 5.73. The number of halogens is 1. The molecule has 3 aromatic rings. The van der Waals surface area contributed by atoms with Gasteiger partial charge in [-0.3, -0.25) is 14.8 Å². The second-order valence-electron chi connectivity index (χ2n) is 4.87. The highest BCUT2D eigenvalue weighted by atomic mass is 32.1. The van der Waals surface area contributed by atoms with E-state index >= 15 is 0 Å². The number of amides is 1. The molecule has 0 aliphatic carbocycles. The Morgan fingerprint density at radius 1 is 1.29 bits per heavy atom. The SMILES string of the molecule is Cn1cc(C(=O)O)c(C(=O)Nc2nc(-c3ccc(F)cc3)cs2)n1. The van der Waals surface area contributed by atoms with E-state index < -0.39 is 11.9 Å². The van der Waals surface area contributed by atoms with Gasteiger partial charge in [-0.15, -0.1) is 11.3 Å². The summed E-state index contributed by atoms with van der Waals surface area (Å²) in [6, 6.07) is 5.80. The maximum absolute atomic E-state index is 12.9. The first-order valence-electron chi connectivity index (χ1n) is 6.74. The third kappa shape index (κ3) is 3.15. The molecule has 7 nitrogen and oxygen atoms in total. The van der Waals surface area contributed by atoms with Crippen molar-refractivity contribution < 1.29 is 19.1 Å². The molecule has 3 rings (SSSR count). The summed E-state index contributed by atoms with van der Waals surface area (Å²) >= 11 is 1.17. The molecule has 2 heterocycles. The van der Waals surface area contributed by atoms with Crippen molar-refractivity contribution in [3.63, 3.8) is 0 Å².